The van der Waals surface area contributed by atoms with Crippen molar-refractivity contribution in [3.8, 4) is 0 Å². The Labute approximate surface area is 115 Å². The van der Waals surface area contributed by atoms with Gasteiger partial charge in [0.25, 0.3) is 11.6 Å². The van der Waals surface area contributed by atoms with Gasteiger partial charge in [0.05, 0.1) is 11.1 Å². The number of halogens is 4. The van der Waals surface area contributed by atoms with Crippen LogP contribution < -0.4 is 5.32 Å². The molecule has 0 saturated heterocycles. The third-order valence-electron chi connectivity index (χ3n) is 2.92. The molecule has 0 amide bonds. The van der Waals surface area contributed by atoms with E-state index in [-0.39, 0.29) is 5.52 Å². The summed E-state index contributed by atoms with van der Waals surface area (Å²) in [5, 5.41) is 3.11. The van der Waals surface area contributed by atoms with Gasteiger partial charge in [0.2, 0.25) is 0 Å². The van der Waals surface area contributed by atoms with E-state index >= 15 is 0 Å². The minimum atomic E-state index is -3.24. The largest absolute Gasteiger partial charge is 0.388 e. The molecule has 0 radical (unpaired) electrons. The van der Waals surface area contributed by atoms with Crippen LogP contribution in [0, 0.1) is 0 Å². The maximum atomic E-state index is 13.6. The van der Waals surface area contributed by atoms with E-state index in [0.717, 1.165) is 0 Å². The third kappa shape index (κ3) is 2.70. The first-order valence-electron chi connectivity index (χ1n) is 5.81. The molecular weight excluding hydrogens is 291 g/mol. The summed E-state index contributed by atoms with van der Waals surface area (Å²) in [6.07, 6.45) is 0. The Balaban J connectivity index is 2.87. The maximum Gasteiger partial charge on any atom is 0.287 e. The van der Waals surface area contributed by atoms with Gasteiger partial charge in [-0.15, -0.1) is 0 Å². The van der Waals surface area contributed by atoms with Gasteiger partial charge in [0.1, 0.15) is 5.69 Å². The number of benzene rings is 1. The van der Waals surface area contributed by atoms with E-state index in [2.05, 4.69) is 10.3 Å². The lowest BCUT2D eigenvalue weighted by Crippen LogP contribution is -2.13. The van der Waals surface area contributed by atoms with Crippen molar-refractivity contribution >= 4 is 25.8 Å². The first kappa shape index (κ1) is 15.0. The maximum absolute atomic E-state index is 13.6. The van der Waals surface area contributed by atoms with Crippen LogP contribution in [0.2, 0.25) is 0 Å². The molecule has 108 valence electrons. The summed E-state index contributed by atoms with van der Waals surface area (Å²) in [7, 11) is 2.94. The number of hydrogen-bond donors (Lipinski definition) is 1. The molecule has 0 spiro atoms. The van der Waals surface area contributed by atoms with Crippen LogP contribution in [0.4, 0.5) is 23.2 Å². The molecule has 0 aliphatic carbocycles. The Hall–Kier alpha value is -1.42. The van der Waals surface area contributed by atoms with Gasteiger partial charge in [0, 0.05) is 25.0 Å². The minimum absolute atomic E-state index is 0.129. The second kappa shape index (κ2) is 4.85. The van der Waals surface area contributed by atoms with Crippen molar-refractivity contribution in [3.05, 3.63) is 35.5 Å². The molecule has 1 N–H and O–H groups in total. The van der Waals surface area contributed by atoms with Crippen molar-refractivity contribution in [2.45, 2.75) is 18.5 Å². The molecule has 1 unspecified atom stereocenters. The number of nitrogens with one attached hydrogen (secondary N) is 1. The van der Waals surface area contributed by atoms with E-state index in [1.54, 1.807) is 6.07 Å². The van der Waals surface area contributed by atoms with Crippen LogP contribution in [0.5, 0.6) is 0 Å². The number of pyridine rings is 1. The Morgan fingerprint density at radius 2 is 1.85 bits per heavy atom. The molecular formula is C13H13F4N2P. The predicted molar refractivity (Wildman–Crippen MR) is 74.5 cm³/mol. The highest BCUT2D eigenvalue weighted by molar-refractivity contribution is 7.17. The fourth-order valence-corrected chi connectivity index (χ4v) is 2.18. The lowest BCUT2D eigenvalue weighted by Gasteiger charge is -2.18. The normalized spacial score (nSPS) is 12.8. The fraction of sp³-hybridized carbons (Fsp3) is 0.308. The SMILES string of the molecule is CNc1cc(C(C)(F)F)nc2c(C(F)(F)P)cccc12. The minimum Gasteiger partial charge on any atom is -0.388 e. The second-order valence-electron chi connectivity index (χ2n) is 4.52. The van der Waals surface area contributed by atoms with Crippen LogP contribution in [0.25, 0.3) is 10.9 Å². The Bertz CT molecular complexity index is 647. The third-order valence-corrected chi connectivity index (χ3v) is 3.23. The molecule has 1 aromatic heterocycles. The van der Waals surface area contributed by atoms with E-state index in [1.807, 2.05) is 0 Å². The van der Waals surface area contributed by atoms with Crippen LogP contribution in [-0.4, -0.2) is 12.0 Å². The van der Waals surface area contributed by atoms with E-state index in [9.17, 15) is 17.6 Å². The lowest BCUT2D eigenvalue weighted by atomic mass is 10.1. The molecule has 1 atom stereocenters. The van der Waals surface area contributed by atoms with Crippen molar-refractivity contribution in [3.63, 3.8) is 0 Å². The number of aromatic nitrogens is 1. The van der Waals surface area contributed by atoms with Crippen molar-refractivity contribution < 1.29 is 17.6 Å². The molecule has 0 fully saturated rings. The molecule has 20 heavy (non-hydrogen) atoms. The number of alkyl halides is 4. The van der Waals surface area contributed by atoms with Crippen LogP contribution in [0.1, 0.15) is 18.2 Å². The highest BCUT2D eigenvalue weighted by atomic mass is 31.0. The summed E-state index contributed by atoms with van der Waals surface area (Å²) in [4.78, 5) is 3.74. The summed E-state index contributed by atoms with van der Waals surface area (Å²) in [5.74, 6) is -3.21. The zero-order valence-corrected chi connectivity index (χ0v) is 12.0. The average molecular weight is 304 g/mol. The summed E-state index contributed by atoms with van der Waals surface area (Å²) < 4.78 is 54.0. The second-order valence-corrected chi connectivity index (χ2v) is 5.24. The molecule has 2 nitrogen and oxygen atoms in total. The Morgan fingerprint density at radius 1 is 1.20 bits per heavy atom. The van der Waals surface area contributed by atoms with Crippen LogP contribution in [-0.2, 0) is 11.6 Å². The van der Waals surface area contributed by atoms with Crippen LogP contribution >= 0.6 is 9.24 Å². The summed E-state index contributed by atoms with van der Waals surface area (Å²) in [6, 6.07) is 5.36. The Morgan fingerprint density at radius 3 is 2.35 bits per heavy atom. The number of nitrogens with zero attached hydrogens (tertiary/aromatic N) is 1. The van der Waals surface area contributed by atoms with Gasteiger partial charge < -0.3 is 5.32 Å². The first-order chi connectivity index (χ1) is 9.14. The molecule has 0 aliphatic heterocycles. The summed E-state index contributed by atoms with van der Waals surface area (Å²) in [5.41, 5.74) is -3.98. The zero-order valence-electron chi connectivity index (χ0n) is 10.8. The van der Waals surface area contributed by atoms with Gasteiger partial charge in [-0.3, -0.25) is 0 Å². The number of hydrogen-bond acceptors (Lipinski definition) is 2. The quantitative estimate of drug-likeness (QED) is 0.675. The number of fused-ring (bicyclic) bond motifs is 1. The monoisotopic (exact) mass is 304 g/mol. The van der Waals surface area contributed by atoms with Crippen molar-refractivity contribution in [1.82, 2.24) is 4.98 Å². The standard InChI is InChI=1S/C13H13F4N2P/c1-12(14,15)10-6-9(18-2)7-4-3-5-8(11(7)19-10)13(16,17)20/h3-6H,20H2,1-2H3,(H,18,19). The number of rotatable bonds is 3. The van der Waals surface area contributed by atoms with Crippen molar-refractivity contribution in [2.75, 3.05) is 12.4 Å². The molecule has 7 heteroatoms. The average Bonchev–Trinajstić information content (AvgIpc) is 2.34. The predicted octanol–water partition coefficient (Wildman–Crippen LogP) is 4.31. The molecule has 1 heterocycles. The molecule has 0 saturated carbocycles. The Kier molecular flexibility index (Phi) is 3.63. The number of para-hydroxylation sites is 1. The van der Waals surface area contributed by atoms with Gasteiger partial charge in [-0.25, -0.2) is 4.98 Å². The van der Waals surface area contributed by atoms with Crippen molar-refractivity contribution in [1.29, 1.82) is 0 Å². The zero-order chi connectivity index (χ0) is 15.1. The van der Waals surface area contributed by atoms with Crippen molar-refractivity contribution in [2.24, 2.45) is 0 Å². The van der Waals surface area contributed by atoms with E-state index in [4.69, 9.17) is 0 Å². The smallest absolute Gasteiger partial charge is 0.287 e. The molecule has 0 bridgehead atoms. The number of anilines is 1. The molecule has 2 rings (SSSR count). The topological polar surface area (TPSA) is 24.9 Å². The van der Waals surface area contributed by atoms with Crippen LogP contribution in [0.15, 0.2) is 24.3 Å². The first-order valence-corrected chi connectivity index (χ1v) is 6.39. The fourth-order valence-electron chi connectivity index (χ4n) is 1.95. The lowest BCUT2D eigenvalue weighted by molar-refractivity contribution is 0.0130. The summed E-state index contributed by atoms with van der Waals surface area (Å²) >= 11 is 0. The van der Waals surface area contributed by atoms with Gasteiger partial charge in [-0.1, -0.05) is 27.4 Å². The van der Waals surface area contributed by atoms with Gasteiger partial charge in [-0.05, 0) is 6.07 Å². The molecule has 2 aromatic rings. The highest BCUT2D eigenvalue weighted by Gasteiger charge is 2.31. The van der Waals surface area contributed by atoms with Gasteiger partial charge >= 0.3 is 0 Å². The molecule has 1 aromatic carbocycles. The summed E-state index contributed by atoms with van der Waals surface area (Å²) in [6.45, 7) is 0.683. The van der Waals surface area contributed by atoms with E-state index in [0.29, 0.717) is 18.0 Å². The van der Waals surface area contributed by atoms with Gasteiger partial charge in [-0.2, -0.15) is 17.6 Å². The van der Waals surface area contributed by atoms with Gasteiger partial charge in [0.15, 0.2) is 0 Å². The highest BCUT2D eigenvalue weighted by Crippen LogP contribution is 2.40. The van der Waals surface area contributed by atoms with Crippen LogP contribution in [0.3, 0.4) is 0 Å². The van der Waals surface area contributed by atoms with E-state index < -0.39 is 22.8 Å². The molecule has 0 aliphatic rings. The van der Waals surface area contributed by atoms with E-state index in [1.165, 1.54) is 34.5 Å².